The molecule has 0 radical (unpaired) electrons. The van der Waals surface area contributed by atoms with Crippen molar-refractivity contribution in [1.29, 1.82) is 0 Å². The van der Waals surface area contributed by atoms with Gasteiger partial charge >= 0.3 is 5.97 Å². The normalized spacial score (nSPS) is 10.8. The van der Waals surface area contributed by atoms with Gasteiger partial charge in [-0.3, -0.25) is 9.59 Å². The van der Waals surface area contributed by atoms with E-state index >= 15 is 0 Å². The molecule has 6 heteroatoms. The predicted octanol–water partition coefficient (Wildman–Crippen LogP) is 3.17. The third-order valence-electron chi connectivity index (χ3n) is 3.88. The first-order chi connectivity index (χ1) is 12.1. The van der Waals surface area contributed by atoms with E-state index in [2.05, 4.69) is 17.6 Å². The molecule has 0 aliphatic carbocycles. The monoisotopic (exact) mass is 354 g/mol. The maximum absolute atomic E-state index is 11.6. The molecule has 25 heavy (non-hydrogen) atoms. The summed E-state index contributed by atoms with van der Waals surface area (Å²) in [6, 6.07) is 0. The van der Waals surface area contributed by atoms with Crippen molar-refractivity contribution in [2.45, 2.75) is 77.6 Å². The molecule has 2 amide bonds. The molecule has 0 atom stereocenters. The highest BCUT2D eigenvalue weighted by Gasteiger charge is 2.01. The summed E-state index contributed by atoms with van der Waals surface area (Å²) < 4.78 is 0. The van der Waals surface area contributed by atoms with Crippen LogP contribution in [-0.2, 0) is 14.4 Å². The van der Waals surface area contributed by atoms with Crippen molar-refractivity contribution < 1.29 is 19.5 Å². The highest BCUT2D eigenvalue weighted by atomic mass is 16.4. The molecule has 0 spiro atoms. The zero-order valence-corrected chi connectivity index (χ0v) is 15.5. The topological polar surface area (TPSA) is 95.5 Å². The van der Waals surface area contributed by atoms with Gasteiger partial charge in [0, 0.05) is 31.7 Å². The summed E-state index contributed by atoms with van der Waals surface area (Å²) in [5.41, 5.74) is 0. The van der Waals surface area contributed by atoms with Crippen molar-refractivity contribution in [3.05, 3.63) is 12.2 Å². The number of carbonyl (C=O) groups excluding carboxylic acids is 2. The summed E-state index contributed by atoms with van der Waals surface area (Å²) in [7, 11) is 0. The lowest BCUT2D eigenvalue weighted by atomic mass is 10.1. The van der Waals surface area contributed by atoms with Crippen LogP contribution in [0.25, 0.3) is 0 Å². The minimum absolute atomic E-state index is 0.00473. The highest BCUT2D eigenvalue weighted by molar-refractivity contribution is 5.93. The molecule has 6 nitrogen and oxygen atoms in total. The molecule has 0 heterocycles. The van der Waals surface area contributed by atoms with Gasteiger partial charge in [0.15, 0.2) is 0 Å². The quantitative estimate of drug-likeness (QED) is 0.293. The first-order valence-corrected chi connectivity index (χ1v) is 9.51. The van der Waals surface area contributed by atoms with Crippen LogP contribution in [0.5, 0.6) is 0 Å². The molecule has 0 bridgehead atoms. The number of unbranched alkanes of at least 4 members (excludes halogenated alkanes) is 9. The molecule has 0 saturated carbocycles. The number of nitrogens with one attached hydrogen (secondary N) is 2. The molecule has 3 N–H and O–H groups in total. The number of carboxylic acid groups (broad SMARTS) is 1. The first kappa shape index (κ1) is 23.1. The molecule has 0 aliphatic heterocycles. The van der Waals surface area contributed by atoms with Crippen LogP contribution in [0.4, 0.5) is 0 Å². The maximum atomic E-state index is 11.6. The third-order valence-corrected chi connectivity index (χ3v) is 3.88. The Morgan fingerprint density at radius 2 is 1.28 bits per heavy atom. The van der Waals surface area contributed by atoms with E-state index in [9.17, 15) is 14.4 Å². The number of hydrogen-bond donors (Lipinski definition) is 3. The lowest BCUT2D eigenvalue weighted by Gasteiger charge is -2.06. The Morgan fingerprint density at radius 3 is 1.84 bits per heavy atom. The Morgan fingerprint density at radius 1 is 0.760 bits per heavy atom. The molecule has 0 unspecified atom stereocenters. The minimum Gasteiger partial charge on any atom is -0.478 e. The van der Waals surface area contributed by atoms with Gasteiger partial charge in [-0.25, -0.2) is 4.79 Å². The molecule has 0 saturated heterocycles. The van der Waals surface area contributed by atoms with Crippen molar-refractivity contribution in [3.63, 3.8) is 0 Å². The van der Waals surface area contributed by atoms with E-state index in [1.165, 1.54) is 51.4 Å². The molecule has 0 aromatic heterocycles. The lowest BCUT2D eigenvalue weighted by molar-refractivity contribution is -0.131. The van der Waals surface area contributed by atoms with Crippen LogP contribution < -0.4 is 10.6 Å². The van der Waals surface area contributed by atoms with E-state index in [4.69, 9.17) is 5.11 Å². The molecule has 0 aliphatic rings. The standard InChI is InChI=1S/C19H34N2O4/c1-2-3-4-5-6-7-8-9-10-11-12-17(22)20-15-16-21-18(23)13-14-19(24)25/h13-14H,2-12,15-16H2,1H3,(H,20,22)(H,21,23)(H,24,25)/b14-13+. The van der Waals surface area contributed by atoms with Crippen LogP contribution in [-0.4, -0.2) is 36.0 Å². The van der Waals surface area contributed by atoms with Gasteiger partial charge in [0.2, 0.25) is 11.8 Å². The fourth-order valence-corrected chi connectivity index (χ4v) is 2.45. The zero-order chi connectivity index (χ0) is 18.8. The van der Waals surface area contributed by atoms with Crippen molar-refractivity contribution in [2.24, 2.45) is 0 Å². The number of aliphatic carboxylic acids is 1. The van der Waals surface area contributed by atoms with E-state index in [1.807, 2.05) is 0 Å². The van der Waals surface area contributed by atoms with E-state index in [-0.39, 0.29) is 12.5 Å². The van der Waals surface area contributed by atoms with Crippen LogP contribution in [0.2, 0.25) is 0 Å². The highest BCUT2D eigenvalue weighted by Crippen LogP contribution is 2.11. The van der Waals surface area contributed by atoms with Crippen LogP contribution in [0, 0.1) is 0 Å². The van der Waals surface area contributed by atoms with Crippen molar-refractivity contribution >= 4 is 17.8 Å². The average molecular weight is 354 g/mol. The van der Waals surface area contributed by atoms with Crippen LogP contribution in [0.15, 0.2) is 12.2 Å². The van der Waals surface area contributed by atoms with Gasteiger partial charge in [-0.15, -0.1) is 0 Å². The van der Waals surface area contributed by atoms with Gasteiger partial charge in [-0.1, -0.05) is 64.7 Å². The van der Waals surface area contributed by atoms with Crippen molar-refractivity contribution in [2.75, 3.05) is 13.1 Å². The zero-order valence-electron chi connectivity index (χ0n) is 15.5. The van der Waals surface area contributed by atoms with Crippen LogP contribution >= 0.6 is 0 Å². The largest absolute Gasteiger partial charge is 0.478 e. The SMILES string of the molecule is CCCCCCCCCCCCC(=O)NCCNC(=O)/C=C/C(=O)O. The maximum Gasteiger partial charge on any atom is 0.328 e. The van der Waals surface area contributed by atoms with Gasteiger partial charge in [-0.2, -0.15) is 0 Å². The molecule has 0 rings (SSSR count). The minimum atomic E-state index is -1.17. The lowest BCUT2D eigenvalue weighted by Crippen LogP contribution is -2.33. The Bertz CT molecular complexity index is 408. The van der Waals surface area contributed by atoms with E-state index in [0.29, 0.717) is 13.0 Å². The Kier molecular flexibility index (Phi) is 15.7. The smallest absolute Gasteiger partial charge is 0.328 e. The average Bonchev–Trinajstić information content (AvgIpc) is 2.58. The number of rotatable bonds is 16. The van der Waals surface area contributed by atoms with Crippen LogP contribution in [0.1, 0.15) is 77.6 Å². The molecule has 0 aromatic carbocycles. The van der Waals surface area contributed by atoms with Gasteiger partial charge in [0.05, 0.1) is 0 Å². The molecule has 0 fully saturated rings. The van der Waals surface area contributed by atoms with Crippen molar-refractivity contribution in [1.82, 2.24) is 10.6 Å². The summed E-state index contributed by atoms with van der Waals surface area (Å²) in [5.74, 6) is -1.65. The summed E-state index contributed by atoms with van der Waals surface area (Å²) >= 11 is 0. The number of carbonyl (C=O) groups is 3. The second-order valence-electron chi connectivity index (χ2n) is 6.24. The second-order valence-corrected chi connectivity index (χ2v) is 6.24. The van der Waals surface area contributed by atoms with Crippen LogP contribution in [0.3, 0.4) is 0 Å². The Labute approximate surface area is 151 Å². The first-order valence-electron chi connectivity index (χ1n) is 9.51. The second kappa shape index (κ2) is 17.0. The Balaban J connectivity index is 3.36. The molecular formula is C19H34N2O4. The molecular weight excluding hydrogens is 320 g/mol. The van der Waals surface area contributed by atoms with Gasteiger partial charge in [-0.05, 0) is 6.42 Å². The van der Waals surface area contributed by atoms with Gasteiger partial charge < -0.3 is 15.7 Å². The summed E-state index contributed by atoms with van der Waals surface area (Å²) in [5, 5.41) is 13.6. The molecule has 0 aromatic rings. The third kappa shape index (κ3) is 18.3. The van der Waals surface area contributed by atoms with E-state index in [1.54, 1.807) is 0 Å². The summed E-state index contributed by atoms with van der Waals surface area (Å²) in [6.45, 7) is 2.86. The predicted molar refractivity (Wildman–Crippen MR) is 99.3 cm³/mol. The number of amides is 2. The fourth-order valence-electron chi connectivity index (χ4n) is 2.45. The van der Waals surface area contributed by atoms with Gasteiger partial charge in [0.25, 0.3) is 0 Å². The molecule has 144 valence electrons. The van der Waals surface area contributed by atoms with E-state index in [0.717, 1.165) is 25.0 Å². The van der Waals surface area contributed by atoms with Crippen molar-refractivity contribution in [3.8, 4) is 0 Å². The summed E-state index contributed by atoms with van der Waals surface area (Å²) in [4.78, 5) is 33.0. The number of hydrogen-bond acceptors (Lipinski definition) is 3. The number of carboxylic acids is 1. The summed E-state index contributed by atoms with van der Waals surface area (Å²) in [6.07, 6.45) is 14.6. The van der Waals surface area contributed by atoms with E-state index < -0.39 is 11.9 Å². The van der Waals surface area contributed by atoms with Gasteiger partial charge in [0.1, 0.15) is 0 Å². The Hall–Kier alpha value is -1.85. The fraction of sp³-hybridized carbons (Fsp3) is 0.737.